The molecule has 2 saturated heterocycles. The second-order valence-electron chi connectivity index (χ2n) is 7.48. The zero-order chi connectivity index (χ0) is 20.2. The summed E-state index contributed by atoms with van der Waals surface area (Å²) in [4.78, 5) is 12.2. The highest BCUT2D eigenvalue weighted by Crippen LogP contribution is 2.39. The molecule has 6 nitrogen and oxygen atoms in total. The fourth-order valence-corrected chi connectivity index (χ4v) is 6.05. The van der Waals surface area contributed by atoms with Crippen LogP contribution >= 0.6 is 11.8 Å². The van der Waals surface area contributed by atoms with Gasteiger partial charge in [0.15, 0.2) is 0 Å². The Kier molecular flexibility index (Phi) is 6.85. The summed E-state index contributed by atoms with van der Waals surface area (Å²) in [6, 6.07) is 9.38. The van der Waals surface area contributed by atoms with Gasteiger partial charge in [0.05, 0.1) is 10.9 Å². The first-order valence-corrected chi connectivity index (χ1v) is 12.3. The van der Waals surface area contributed by atoms with Gasteiger partial charge in [-0.2, -0.15) is 4.31 Å². The zero-order valence-corrected chi connectivity index (χ0v) is 18.1. The molecule has 0 aliphatic carbocycles. The lowest BCUT2D eigenvalue weighted by atomic mass is 10.0. The number of piperidine rings is 1. The van der Waals surface area contributed by atoms with Crippen molar-refractivity contribution in [2.45, 2.75) is 50.1 Å². The van der Waals surface area contributed by atoms with Crippen LogP contribution in [0.4, 0.5) is 0 Å². The molecule has 2 aliphatic heterocycles. The van der Waals surface area contributed by atoms with Crippen molar-refractivity contribution in [2.75, 3.05) is 18.8 Å². The molecule has 154 valence electrons. The van der Waals surface area contributed by atoms with Crippen molar-refractivity contribution in [1.82, 2.24) is 14.9 Å². The highest BCUT2D eigenvalue weighted by atomic mass is 32.2. The van der Waals surface area contributed by atoms with Gasteiger partial charge in [0, 0.05) is 30.3 Å². The van der Waals surface area contributed by atoms with Crippen molar-refractivity contribution in [3.8, 4) is 0 Å². The van der Waals surface area contributed by atoms with Crippen molar-refractivity contribution >= 4 is 33.8 Å². The van der Waals surface area contributed by atoms with Crippen LogP contribution in [0.15, 0.2) is 35.7 Å². The van der Waals surface area contributed by atoms with E-state index in [0.717, 1.165) is 17.7 Å². The Morgan fingerprint density at radius 3 is 2.68 bits per heavy atom. The largest absolute Gasteiger partial charge is 0.352 e. The molecule has 1 aromatic carbocycles. The monoisotopic (exact) mass is 423 g/mol. The van der Waals surface area contributed by atoms with Crippen LogP contribution in [0.1, 0.15) is 38.7 Å². The molecule has 2 heterocycles. The molecule has 28 heavy (non-hydrogen) atoms. The summed E-state index contributed by atoms with van der Waals surface area (Å²) in [6.07, 6.45) is 3.93. The Morgan fingerprint density at radius 1 is 1.36 bits per heavy atom. The van der Waals surface area contributed by atoms with E-state index in [9.17, 15) is 13.2 Å². The summed E-state index contributed by atoms with van der Waals surface area (Å²) in [5.41, 5.74) is 0.864. The van der Waals surface area contributed by atoms with Crippen LogP contribution in [0.5, 0.6) is 0 Å². The molecule has 0 aromatic heterocycles. The third-order valence-electron chi connectivity index (χ3n) is 5.40. The molecule has 2 N–H and O–H groups in total. The maximum atomic E-state index is 12.6. The van der Waals surface area contributed by atoms with Crippen LogP contribution in [-0.2, 0) is 14.8 Å². The molecule has 3 rings (SSSR count). The molecule has 0 saturated carbocycles. The van der Waals surface area contributed by atoms with Gasteiger partial charge in [-0.1, -0.05) is 37.3 Å². The Labute approximate surface area is 172 Å². The topological polar surface area (TPSA) is 78.5 Å². The Morgan fingerprint density at radius 2 is 2.04 bits per heavy atom. The van der Waals surface area contributed by atoms with Crippen molar-refractivity contribution in [2.24, 2.45) is 0 Å². The number of hydrogen-bond donors (Lipinski definition) is 2. The summed E-state index contributed by atoms with van der Waals surface area (Å²) >= 11 is 1.75. The average Bonchev–Trinajstić information content (AvgIpc) is 3.11. The normalized spacial score (nSPS) is 23.9. The van der Waals surface area contributed by atoms with E-state index in [-0.39, 0.29) is 22.9 Å². The third kappa shape index (κ3) is 5.17. The summed E-state index contributed by atoms with van der Waals surface area (Å²) in [5, 5.41) is 7.80. The fourth-order valence-electron chi connectivity index (χ4n) is 3.44. The molecule has 1 spiro atoms. The number of sulfonamides is 1. The second-order valence-corrected chi connectivity index (χ2v) is 10.7. The van der Waals surface area contributed by atoms with E-state index in [2.05, 4.69) is 10.6 Å². The minimum absolute atomic E-state index is 0.0413. The first-order valence-electron chi connectivity index (χ1n) is 9.79. The van der Waals surface area contributed by atoms with Crippen LogP contribution in [0.2, 0.25) is 0 Å². The lowest BCUT2D eigenvalue weighted by Gasteiger charge is -2.38. The number of amides is 1. The molecule has 1 aromatic rings. The predicted octanol–water partition coefficient (Wildman–Crippen LogP) is 2.40. The number of carbonyl (C=O) groups excluding carboxylic acids is 1. The minimum Gasteiger partial charge on any atom is -0.352 e. The summed E-state index contributed by atoms with van der Waals surface area (Å²) in [6.45, 7) is 4.97. The average molecular weight is 424 g/mol. The molecule has 8 heteroatoms. The molecule has 2 fully saturated rings. The lowest BCUT2D eigenvalue weighted by Crippen LogP contribution is -2.54. The van der Waals surface area contributed by atoms with E-state index in [0.29, 0.717) is 25.9 Å². The van der Waals surface area contributed by atoms with Crippen LogP contribution in [0.25, 0.3) is 6.08 Å². The van der Waals surface area contributed by atoms with Crippen LogP contribution in [0.3, 0.4) is 0 Å². The van der Waals surface area contributed by atoms with E-state index >= 15 is 0 Å². The third-order valence-corrected chi connectivity index (χ3v) is 8.55. The van der Waals surface area contributed by atoms with Gasteiger partial charge in [-0.25, -0.2) is 8.42 Å². The number of thioether (sulfide) groups is 1. The summed E-state index contributed by atoms with van der Waals surface area (Å²) < 4.78 is 26.8. The first-order chi connectivity index (χ1) is 13.3. The maximum Gasteiger partial charge on any atom is 0.238 e. The minimum atomic E-state index is -3.44. The van der Waals surface area contributed by atoms with Crippen molar-refractivity contribution in [3.05, 3.63) is 41.3 Å². The van der Waals surface area contributed by atoms with E-state index in [4.69, 9.17) is 0 Å². The van der Waals surface area contributed by atoms with Crippen molar-refractivity contribution in [3.63, 3.8) is 0 Å². The molecule has 1 amide bonds. The van der Waals surface area contributed by atoms with Crippen molar-refractivity contribution in [1.29, 1.82) is 0 Å². The Bertz CT molecular complexity index is 803. The first kappa shape index (κ1) is 21.4. The molecular weight excluding hydrogens is 394 g/mol. The van der Waals surface area contributed by atoms with Crippen molar-refractivity contribution < 1.29 is 13.2 Å². The lowest BCUT2D eigenvalue weighted by molar-refractivity contribution is -0.123. The van der Waals surface area contributed by atoms with E-state index in [1.165, 1.54) is 9.71 Å². The molecular formula is C20H29N3O3S2. The van der Waals surface area contributed by atoms with Gasteiger partial charge in [-0.3, -0.25) is 10.1 Å². The van der Waals surface area contributed by atoms with E-state index < -0.39 is 10.0 Å². The Hall–Kier alpha value is -1.35. The number of carbonyl (C=O) groups is 1. The number of rotatable bonds is 6. The molecule has 0 bridgehead atoms. The highest BCUT2D eigenvalue weighted by molar-refractivity contribution is 8.01. The number of benzene rings is 1. The van der Waals surface area contributed by atoms with E-state index in [1.54, 1.807) is 17.8 Å². The standard InChI is InChI=1S/C20H29N3O3S2/c1-3-16(2)21-19(24)18-15-27-20(22-18)10-12-23(13-11-20)28(25,26)14-9-17-7-5-4-6-8-17/h4-9,14,16,18,22H,3,10-13,15H2,1-2H3,(H,21,24). The van der Waals surface area contributed by atoms with Crippen LogP contribution < -0.4 is 10.6 Å². The summed E-state index contributed by atoms with van der Waals surface area (Å²) in [7, 11) is -3.44. The number of hydrogen-bond acceptors (Lipinski definition) is 5. The highest BCUT2D eigenvalue weighted by Gasteiger charge is 2.45. The van der Waals surface area contributed by atoms with Gasteiger partial charge >= 0.3 is 0 Å². The molecule has 2 aliphatic rings. The molecule has 2 atom stereocenters. The Balaban J connectivity index is 1.55. The quantitative estimate of drug-likeness (QED) is 0.735. The van der Waals surface area contributed by atoms with Crippen LogP contribution in [0, 0.1) is 0 Å². The molecule has 2 unspecified atom stereocenters. The maximum absolute atomic E-state index is 12.6. The van der Waals surface area contributed by atoms with Gasteiger partial charge in [0.25, 0.3) is 0 Å². The van der Waals surface area contributed by atoms with E-state index in [1.807, 2.05) is 44.2 Å². The number of nitrogens with zero attached hydrogens (tertiary/aromatic N) is 1. The summed E-state index contributed by atoms with van der Waals surface area (Å²) in [5.74, 6) is 0.766. The fraction of sp³-hybridized carbons (Fsp3) is 0.550. The zero-order valence-electron chi connectivity index (χ0n) is 16.4. The van der Waals surface area contributed by atoms with Gasteiger partial charge in [0.1, 0.15) is 0 Å². The van der Waals surface area contributed by atoms with Gasteiger partial charge in [-0.05, 0) is 37.8 Å². The molecule has 0 radical (unpaired) electrons. The number of nitrogens with one attached hydrogen (secondary N) is 2. The predicted molar refractivity (Wildman–Crippen MR) is 115 cm³/mol. The van der Waals surface area contributed by atoms with Crippen LogP contribution in [-0.4, -0.2) is 54.4 Å². The van der Waals surface area contributed by atoms with Gasteiger partial charge in [-0.15, -0.1) is 11.8 Å². The van der Waals surface area contributed by atoms with Gasteiger partial charge < -0.3 is 5.32 Å². The second kappa shape index (κ2) is 8.98. The smallest absolute Gasteiger partial charge is 0.238 e. The van der Waals surface area contributed by atoms with Gasteiger partial charge in [0.2, 0.25) is 15.9 Å². The SMILES string of the molecule is CCC(C)NC(=O)C1CSC2(CCN(S(=O)(=O)C=Cc3ccccc3)CC2)N1.